The number of piperazine rings is 1. The van der Waals surface area contributed by atoms with E-state index in [-0.39, 0.29) is 0 Å². The lowest BCUT2D eigenvalue weighted by atomic mass is 10.1. The van der Waals surface area contributed by atoms with E-state index in [4.69, 9.17) is 0 Å². The summed E-state index contributed by atoms with van der Waals surface area (Å²) in [5, 5.41) is 1.19. The molecule has 1 aliphatic rings. The Kier molecular flexibility index (Phi) is 4.98. The summed E-state index contributed by atoms with van der Waals surface area (Å²) in [5.41, 5.74) is 4.79. The average molecular weight is 343 g/mol. The smallest absolute Gasteiger partial charge is 0.0707 e. The predicted molar refractivity (Wildman–Crippen MR) is 111 cm³/mol. The van der Waals surface area contributed by atoms with Crippen molar-refractivity contribution in [2.75, 3.05) is 37.6 Å². The molecule has 0 atom stereocenters. The molecule has 1 fully saturated rings. The molecular formula is C23H25N3. The Bertz CT molecular complexity index is 885. The van der Waals surface area contributed by atoms with Crippen LogP contribution in [-0.4, -0.2) is 42.6 Å². The number of hydrogen-bond acceptors (Lipinski definition) is 3. The van der Waals surface area contributed by atoms with Crippen LogP contribution in [0.25, 0.3) is 23.1 Å². The molecule has 2 aromatic carbocycles. The fraction of sp³-hybridized carbons (Fsp3) is 0.261. The van der Waals surface area contributed by atoms with Crippen molar-refractivity contribution in [3.8, 4) is 0 Å². The molecule has 3 nitrogen and oxygen atoms in total. The minimum Gasteiger partial charge on any atom is -0.369 e. The first-order valence-corrected chi connectivity index (χ1v) is 9.43. The van der Waals surface area contributed by atoms with Crippen LogP contribution in [0.3, 0.4) is 0 Å². The third-order valence-electron chi connectivity index (χ3n) is 5.22. The summed E-state index contributed by atoms with van der Waals surface area (Å²) in [6, 6.07) is 19.2. The van der Waals surface area contributed by atoms with Gasteiger partial charge in [-0.3, -0.25) is 4.98 Å². The first kappa shape index (κ1) is 16.8. The minimum absolute atomic E-state index is 1.04. The number of nitrogens with zero attached hydrogens (tertiary/aromatic N) is 3. The molecule has 132 valence electrons. The zero-order chi connectivity index (χ0) is 17.8. The van der Waals surface area contributed by atoms with Gasteiger partial charge in [-0.05, 0) is 41.9 Å². The molecule has 1 saturated heterocycles. The zero-order valence-electron chi connectivity index (χ0n) is 15.3. The second kappa shape index (κ2) is 7.71. The minimum atomic E-state index is 1.04. The van der Waals surface area contributed by atoms with E-state index in [0.29, 0.717) is 0 Å². The summed E-state index contributed by atoms with van der Waals surface area (Å²) in [6.45, 7) is 7.95. The number of para-hydroxylation sites is 1. The Balaban J connectivity index is 1.48. The zero-order valence-corrected chi connectivity index (χ0v) is 15.3. The van der Waals surface area contributed by atoms with Crippen LogP contribution in [0.15, 0.2) is 60.8 Å². The van der Waals surface area contributed by atoms with Crippen LogP contribution in [0.4, 0.5) is 5.69 Å². The standard InChI is InChI=1S/C23H25N3/c1-2-25-15-17-26(18-16-25)21-11-8-19(9-12-21)7-10-20-13-14-24-23-6-4-3-5-22(20)23/h3-14H,2,15-18H2,1H3/b10-7+. The van der Waals surface area contributed by atoms with Gasteiger partial charge in [0.25, 0.3) is 0 Å². The van der Waals surface area contributed by atoms with Crippen molar-refractivity contribution in [1.82, 2.24) is 9.88 Å². The first-order chi connectivity index (χ1) is 12.8. The Morgan fingerprint density at radius 3 is 2.42 bits per heavy atom. The van der Waals surface area contributed by atoms with Crippen molar-refractivity contribution in [3.63, 3.8) is 0 Å². The summed E-state index contributed by atoms with van der Waals surface area (Å²) in [7, 11) is 0. The normalized spacial score (nSPS) is 15.8. The molecule has 26 heavy (non-hydrogen) atoms. The summed E-state index contributed by atoms with van der Waals surface area (Å²) in [5.74, 6) is 0. The first-order valence-electron chi connectivity index (χ1n) is 9.43. The van der Waals surface area contributed by atoms with Gasteiger partial charge in [0.2, 0.25) is 0 Å². The topological polar surface area (TPSA) is 19.4 Å². The molecule has 3 aromatic rings. The molecule has 0 saturated carbocycles. The van der Waals surface area contributed by atoms with E-state index in [1.54, 1.807) is 0 Å². The largest absolute Gasteiger partial charge is 0.369 e. The van der Waals surface area contributed by atoms with E-state index in [2.05, 4.69) is 82.4 Å². The Labute approximate surface area is 155 Å². The van der Waals surface area contributed by atoms with Gasteiger partial charge in [-0.25, -0.2) is 0 Å². The van der Waals surface area contributed by atoms with Crippen LogP contribution in [0, 0.1) is 0 Å². The van der Waals surface area contributed by atoms with E-state index in [1.165, 1.54) is 22.2 Å². The number of hydrogen-bond donors (Lipinski definition) is 0. The van der Waals surface area contributed by atoms with E-state index in [9.17, 15) is 0 Å². The van der Waals surface area contributed by atoms with Crippen LogP contribution >= 0.6 is 0 Å². The third-order valence-corrected chi connectivity index (χ3v) is 5.22. The fourth-order valence-electron chi connectivity index (χ4n) is 3.57. The number of benzene rings is 2. The quantitative estimate of drug-likeness (QED) is 0.693. The van der Waals surface area contributed by atoms with Gasteiger partial charge in [0.1, 0.15) is 0 Å². The number of aromatic nitrogens is 1. The van der Waals surface area contributed by atoms with E-state index < -0.39 is 0 Å². The van der Waals surface area contributed by atoms with E-state index in [0.717, 1.165) is 38.2 Å². The summed E-state index contributed by atoms with van der Waals surface area (Å²) in [4.78, 5) is 9.42. The van der Waals surface area contributed by atoms with Crippen LogP contribution < -0.4 is 4.90 Å². The molecule has 4 rings (SSSR count). The molecule has 0 radical (unpaired) electrons. The monoisotopic (exact) mass is 343 g/mol. The lowest BCUT2D eigenvalue weighted by Gasteiger charge is -2.35. The van der Waals surface area contributed by atoms with Crippen LogP contribution in [0.2, 0.25) is 0 Å². The molecule has 0 N–H and O–H groups in total. The molecule has 2 heterocycles. The van der Waals surface area contributed by atoms with Gasteiger partial charge in [0.05, 0.1) is 5.52 Å². The predicted octanol–water partition coefficient (Wildman–Crippen LogP) is 4.55. The van der Waals surface area contributed by atoms with Gasteiger partial charge in [0.15, 0.2) is 0 Å². The van der Waals surface area contributed by atoms with Crippen molar-refractivity contribution in [2.45, 2.75) is 6.92 Å². The summed E-state index contributed by atoms with van der Waals surface area (Å²) < 4.78 is 0. The molecule has 0 spiro atoms. The highest BCUT2D eigenvalue weighted by molar-refractivity contribution is 5.90. The van der Waals surface area contributed by atoms with Crippen molar-refractivity contribution < 1.29 is 0 Å². The van der Waals surface area contributed by atoms with Gasteiger partial charge in [-0.15, -0.1) is 0 Å². The Hall–Kier alpha value is -2.65. The lowest BCUT2D eigenvalue weighted by molar-refractivity contribution is 0.271. The van der Waals surface area contributed by atoms with Crippen molar-refractivity contribution in [1.29, 1.82) is 0 Å². The summed E-state index contributed by atoms with van der Waals surface area (Å²) >= 11 is 0. The molecule has 1 aromatic heterocycles. The van der Waals surface area contributed by atoms with Crippen molar-refractivity contribution in [2.24, 2.45) is 0 Å². The number of pyridine rings is 1. The second-order valence-electron chi connectivity index (χ2n) is 6.76. The molecule has 1 aliphatic heterocycles. The summed E-state index contributed by atoms with van der Waals surface area (Å²) in [6.07, 6.45) is 6.24. The number of likely N-dealkylation sites (N-methyl/N-ethyl adjacent to an activating group) is 1. The highest BCUT2D eigenvalue weighted by Gasteiger charge is 2.15. The third kappa shape index (κ3) is 3.63. The van der Waals surface area contributed by atoms with Crippen LogP contribution in [0.5, 0.6) is 0 Å². The number of rotatable bonds is 4. The fourth-order valence-corrected chi connectivity index (χ4v) is 3.57. The second-order valence-corrected chi connectivity index (χ2v) is 6.76. The molecule has 0 unspecified atom stereocenters. The Morgan fingerprint density at radius 2 is 1.65 bits per heavy atom. The average Bonchev–Trinajstić information content (AvgIpc) is 2.73. The molecule has 0 amide bonds. The Morgan fingerprint density at radius 1 is 0.885 bits per heavy atom. The van der Waals surface area contributed by atoms with Crippen LogP contribution in [-0.2, 0) is 0 Å². The maximum atomic E-state index is 4.43. The van der Waals surface area contributed by atoms with Gasteiger partial charge < -0.3 is 9.80 Å². The van der Waals surface area contributed by atoms with Gasteiger partial charge in [0, 0.05) is 43.4 Å². The van der Waals surface area contributed by atoms with Gasteiger partial charge in [-0.1, -0.05) is 49.4 Å². The maximum Gasteiger partial charge on any atom is 0.0707 e. The number of anilines is 1. The van der Waals surface area contributed by atoms with Crippen LogP contribution in [0.1, 0.15) is 18.1 Å². The number of fused-ring (bicyclic) bond motifs is 1. The van der Waals surface area contributed by atoms with Gasteiger partial charge >= 0.3 is 0 Å². The highest BCUT2D eigenvalue weighted by atomic mass is 15.3. The lowest BCUT2D eigenvalue weighted by Crippen LogP contribution is -2.46. The SMILES string of the molecule is CCN1CCN(c2ccc(/C=C/c3ccnc4ccccc34)cc2)CC1. The van der Waals surface area contributed by atoms with Gasteiger partial charge in [-0.2, -0.15) is 0 Å². The molecule has 3 heteroatoms. The highest BCUT2D eigenvalue weighted by Crippen LogP contribution is 2.21. The molecule has 0 bridgehead atoms. The molecular weight excluding hydrogens is 318 g/mol. The molecule has 0 aliphatic carbocycles. The van der Waals surface area contributed by atoms with Crippen molar-refractivity contribution >= 4 is 28.7 Å². The van der Waals surface area contributed by atoms with E-state index in [1.807, 2.05) is 12.3 Å². The van der Waals surface area contributed by atoms with Crippen molar-refractivity contribution in [3.05, 3.63) is 71.9 Å². The van der Waals surface area contributed by atoms with E-state index >= 15 is 0 Å². The maximum absolute atomic E-state index is 4.43.